The summed E-state index contributed by atoms with van der Waals surface area (Å²) in [5.41, 5.74) is 3.88. The van der Waals surface area contributed by atoms with E-state index in [9.17, 15) is 9.59 Å². The van der Waals surface area contributed by atoms with Crippen molar-refractivity contribution in [2.75, 3.05) is 23.8 Å². The summed E-state index contributed by atoms with van der Waals surface area (Å²) in [5, 5.41) is 9.12. The van der Waals surface area contributed by atoms with Gasteiger partial charge in [0.15, 0.2) is 0 Å². The molecule has 6 heteroatoms. The largest absolute Gasteiger partial charge is 0.494 e. The van der Waals surface area contributed by atoms with Crippen molar-refractivity contribution in [3.05, 3.63) is 53.6 Å². The van der Waals surface area contributed by atoms with Crippen molar-refractivity contribution in [1.82, 2.24) is 5.32 Å². The SMILES string of the molecule is CCNCc1ccccc1NC(=O)CCCOc1ccc2c(c1)CCC(=O)N2. The van der Waals surface area contributed by atoms with Crippen molar-refractivity contribution in [2.45, 2.75) is 39.2 Å². The Balaban J connectivity index is 1.43. The molecule has 0 bridgehead atoms. The van der Waals surface area contributed by atoms with Crippen LogP contribution in [0.5, 0.6) is 5.75 Å². The number of para-hydroxylation sites is 1. The van der Waals surface area contributed by atoms with Gasteiger partial charge in [0.1, 0.15) is 5.75 Å². The second-order valence-corrected chi connectivity index (χ2v) is 6.80. The standard InChI is InChI=1S/C22H27N3O3/c1-2-23-15-17-6-3-4-7-19(17)24-21(26)8-5-13-28-18-10-11-20-16(14-18)9-12-22(27)25-20/h3-4,6-7,10-11,14,23H,2,5,8-9,12-13,15H2,1H3,(H,24,26)(H,25,27). The average molecular weight is 381 g/mol. The molecule has 0 unspecified atom stereocenters. The number of ether oxygens (including phenoxy) is 1. The quantitative estimate of drug-likeness (QED) is 0.581. The van der Waals surface area contributed by atoms with E-state index < -0.39 is 0 Å². The first kappa shape index (κ1) is 19.9. The van der Waals surface area contributed by atoms with Crippen LogP contribution in [0, 0.1) is 0 Å². The Hall–Kier alpha value is -2.86. The highest BCUT2D eigenvalue weighted by atomic mass is 16.5. The molecule has 6 nitrogen and oxygen atoms in total. The van der Waals surface area contributed by atoms with Gasteiger partial charge in [-0.15, -0.1) is 0 Å². The molecule has 1 heterocycles. The Morgan fingerprint density at radius 3 is 2.89 bits per heavy atom. The Labute approximate surface area is 165 Å². The van der Waals surface area contributed by atoms with Crippen molar-refractivity contribution in [2.24, 2.45) is 0 Å². The van der Waals surface area contributed by atoms with Gasteiger partial charge in [0.2, 0.25) is 11.8 Å². The zero-order valence-electron chi connectivity index (χ0n) is 16.2. The highest BCUT2D eigenvalue weighted by molar-refractivity contribution is 5.94. The summed E-state index contributed by atoms with van der Waals surface area (Å²) in [5.74, 6) is 0.811. The average Bonchev–Trinajstić information content (AvgIpc) is 2.70. The summed E-state index contributed by atoms with van der Waals surface area (Å²) >= 11 is 0. The molecule has 0 saturated carbocycles. The summed E-state index contributed by atoms with van der Waals surface area (Å²) in [6, 6.07) is 13.5. The number of fused-ring (bicyclic) bond motifs is 1. The maximum Gasteiger partial charge on any atom is 0.224 e. The molecule has 0 aliphatic carbocycles. The Kier molecular flexibility index (Phi) is 7.03. The second kappa shape index (κ2) is 9.90. The van der Waals surface area contributed by atoms with Gasteiger partial charge in [-0.05, 0) is 54.8 Å². The lowest BCUT2D eigenvalue weighted by molar-refractivity contribution is -0.117. The Morgan fingerprint density at radius 2 is 2.04 bits per heavy atom. The smallest absolute Gasteiger partial charge is 0.224 e. The molecule has 0 spiro atoms. The molecule has 2 aromatic carbocycles. The molecule has 0 fully saturated rings. The number of hydrogen-bond donors (Lipinski definition) is 3. The first-order valence-electron chi connectivity index (χ1n) is 9.79. The van der Waals surface area contributed by atoms with Crippen LogP contribution in [0.3, 0.4) is 0 Å². The molecule has 2 amide bonds. The highest BCUT2D eigenvalue weighted by Crippen LogP contribution is 2.26. The summed E-state index contributed by atoms with van der Waals surface area (Å²) in [4.78, 5) is 23.7. The fraction of sp³-hybridized carbons (Fsp3) is 0.364. The van der Waals surface area contributed by atoms with Gasteiger partial charge in [-0.3, -0.25) is 9.59 Å². The minimum absolute atomic E-state index is 0.0132. The van der Waals surface area contributed by atoms with Crippen LogP contribution in [-0.4, -0.2) is 25.0 Å². The van der Waals surface area contributed by atoms with E-state index in [0.29, 0.717) is 25.9 Å². The van der Waals surface area contributed by atoms with Gasteiger partial charge < -0.3 is 20.7 Å². The number of anilines is 2. The first-order chi connectivity index (χ1) is 13.7. The van der Waals surface area contributed by atoms with Crippen molar-refractivity contribution < 1.29 is 14.3 Å². The summed E-state index contributed by atoms with van der Waals surface area (Å²) in [7, 11) is 0. The van der Waals surface area contributed by atoms with E-state index in [1.807, 2.05) is 42.5 Å². The van der Waals surface area contributed by atoms with Gasteiger partial charge in [0.25, 0.3) is 0 Å². The number of nitrogens with one attached hydrogen (secondary N) is 3. The lowest BCUT2D eigenvalue weighted by atomic mass is 10.0. The van der Waals surface area contributed by atoms with Crippen LogP contribution in [0.25, 0.3) is 0 Å². The topological polar surface area (TPSA) is 79.5 Å². The number of carbonyl (C=O) groups excluding carboxylic acids is 2. The van der Waals surface area contributed by atoms with Gasteiger partial charge in [0, 0.05) is 30.8 Å². The number of benzene rings is 2. The van der Waals surface area contributed by atoms with Crippen LogP contribution < -0.4 is 20.7 Å². The molecule has 3 N–H and O–H groups in total. The molecule has 1 aliphatic rings. The van der Waals surface area contributed by atoms with E-state index in [4.69, 9.17) is 4.74 Å². The first-order valence-corrected chi connectivity index (χ1v) is 9.79. The van der Waals surface area contributed by atoms with Crippen molar-refractivity contribution in [1.29, 1.82) is 0 Å². The molecular formula is C22H27N3O3. The normalized spacial score (nSPS) is 12.8. The molecule has 28 heavy (non-hydrogen) atoms. The molecule has 0 radical (unpaired) electrons. The van der Waals surface area contributed by atoms with Crippen LogP contribution in [-0.2, 0) is 22.6 Å². The second-order valence-electron chi connectivity index (χ2n) is 6.80. The van der Waals surface area contributed by atoms with Crippen molar-refractivity contribution in [3.8, 4) is 5.75 Å². The lowest BCUT2D eigenvalue weighted by Gasteiger charge is -2.17. The van der Waals surface area contributed by atoms with Gasteiger partial charge in [-0.25, -0.2) is 0 Å². The van der Waals surface area contributed by atoms with Crippen LogP contribution >= 0.6 is 0 Å². The molecule has 0 saturated heterocycles. The van der Waals surface area contributed by atoms with Crippen LogP contribution in [0.2, 0.25) is 0 Å². The minimum Gasteiger partial charge on any atom is -0.494 e. The van der Waals surface area contributed by atoms with E-state index in [1.165, 1.54) is 0 Å². The molecule has 2 aromatic rings. The maximum atomic E-state index is 12.2. The lowest BCUT2D eigenvalue weighted by Crippen LogP contribution is -2.19. The highest BCUT2D eigenvalue weighted by Gasteiger charge is 2.15. The van der Waals surface area contributed by atoms with Gasteiger partial charge in [0.05, 0.1) is 6.61 Å². The molecule has 1 aliphatic heterocycles. The van der Waals surface area contributed by atoms with Crippen molar-refractivity contribution in [3.63, 3.8) is 0 Å². The predicted octanol–water partition coefficient (Wildman–Crippen LogP) is 3.48. The Bertz CT molecular complexity index is 836. The van der Waals surface area contributed by atoms with Gasteiger partial charge in [-0.1, -0.05) is 25.1 Å². The molecule has 3 rings (SSSR count). The summed E-state index contributed by atoms with van der Waals surface area (Å²) in [6.45, 7) is 4.14. The number of carbonyl (C=O) groups is 2. The van der Waals surface area contributed by atoms with E-state index in [1.54, 1.807) is 0 Å². The third-order valence-electron chi connectivity index (χ3n) is 4.65. The van der Waals surface area contributed by atoms with E-state index in [-0.39, 0.29) is 11.8 Å². The van der Waals surface area contributed by atoms with E-state index in [2.05, 4.69) is 22.9 Å². The number of rotatable bonds is 9. The molecule has 0 atom stereocenters. The summed E-state index contributed by atoms with van der Waals surface area (Å²) in [6.07, 6.45) is 2.27. The number of amides is 2. The monoisotopic (exact) mass is 381 g/mol. The van der Waals surface area contributed by atoms with E-state index >= 15 is 0 Å². The number of aryl methyl sites for hydroxylation is 1. The van der Waals surface area contributed by atoms with Crippen LogP contribution in [0.15, 0.2) is 42.5 Å². The third-order valence-corrected chi connectivity index (χ3v) is 4.65. The van der Waals surface area contributed by atoms with Gasteiger partial charge >= 0.3 is 0 Å². The predicted molar refractivity (Wildman–Crippen MR) is 111 cm³/mol. The van der Waals surface area contributed by atoms with Crippen molar-refractivity contribution >= 4 is 23.2 Å². The third kappa shape index (κ3) is 5.57. The number of hydrogen-bond acceptors (Lipinski definition) is 4. The van der Waals surface area contributed by atoms with Crippen LogP contribution in [0.4, 0.5) is 11.4 Å². The van der Waals surface area contributed by atoms with Crippen LogP contribution in [0.1, 0.15) is 37.3 Å². The fourth-order valence-electron chi connectivity index (χ4n) is 3.14. The van der Waals surface area contributed by atoms with Gasteiger partial charge in [-0.2, -0.15) is 0 Å². The zero-order valence-corrected chi connectivity index (χ0v) is 16.2. The molecular weight excluding hydrogens is 354 g/mol. The minimum atomic E-state index is -0.0132. The zero-order chi connectivity index (χ0) is 19.8. The van der Waals surface area contributed by atoms with E-state index in [0.717, 1.165) is 47.8 Å². The molecule has 0 aromatic heterocycles. The summed E-state index contributed by atoms with van der Waals surface area (Å²) < 4.78 is 5.77. The maximum absolute atomic E-state index is 12.2. The molecule has 148 valence electrons. The Morgan fingerprint density at radius 1 is 1.18 bits per heavy atom. The fourth-order valence-corrected chi connectivity index (χ4v) is 3.14.